The fourth-order valence-corrected chi connectivity index (χ4v) is 2.71. The molecule has 27 heavy (non-hydrogen) atoms. The van der Waals surface area contributed by atoms with E-state index in [1.54, 1.807) is 20.2 Å². The Labute approximate surface area is 158 Å². The van der Waals surface area contributed by atoms with E-state index >= 15 is 0 Å². The van der Waals surface area contributed by atoms with E-state index in [0.717, 1.165) is 17.7 Å². The lowest BCUT2D eigenvalue weighted by molar-refractivity contribution is 0.0732. The molecule has 0 heterocycles. The van der Waals surface area contributed by atoms with Crippen LogP contribution in [0.2, 0.25) is 0 Å². The van der Waals surface area contributed by atoms with E-state index in [2.05, 4.69) is 0 Å². The van der Waals surface area contributed by atoms with Crippen LogP contribution in [0.3, 0.4) is 0 Å². The Balaban J connectivity index is 1.88. The van der Waals surface area contributed by atoms with E-state index in [-0.39, 0.29) is 6.61 Å². The maximum Gasteiger partial charge on any atom is 0.161 e. The Bertz CT molecular complexity index is 780. The molecule has 2 aromatic carbocycles. The Morgan fingerprint density at radius 1 is 1.11 bits per heavy atom. The van der Waals surface area contributed by atoms with Gasteiger partial charge in [0.05, 0.1) is 7.11 Å². The highest BCUT2D eigenvalue weighted by molar-refractivity contribution is 5.55. The van der Waals surface area contributed by atoms with E-state index in [1.807, 2.05) is 36.1 Å². The van der Waals surface area contributed by atoms with Crippen molar-refractivity contribution in [3.63, 3.8) is 0 Å². The molecule has 0 aromatic heterocycles. The normalized spacial score (nSPS) is 12.6. The average Bonchev–Trinajstić information content (AvgIpc) is 2.63. The number of benzene rings is 2. The van der Waals surface area contributed by atoms with Crippen LogP contribution in [-0.4, -0.2) is 43.4 Å². The molecular formula is C21H25F2NO3. The highest BCUT2D eigenvalue weighted by Crippen LogP contribution is 2.28. The first-order valence-corrected chi connectivity index (χ1v) is 8.67. The molecule has 0 aliphatic carbocycles. The summed E-state index contributed by atoms with van der Waals surface area (Å²) < 4.78 is 37.3. The first-order valence-electron chi connectivity index (χ1n) is 8.67. The van der Waals surface area contributed by atoms with E-state index in [4.69, 9.17) is 9.47 Å². The lowest BCUT2D eigenvalue weighted by Crippen LogP contribution is -2.32. The van der Waals surface area contributed by atoms with Crippen LogP contribution >= 0.6 is 0 Å². The first kappa shape index (κ1) is 20.9. The Kier molecular flexibility index (Phi) is 7.76. The molecule has 146 valence electrons. The molecule has 4 nitrogen and oxygen atoms in total. The Hall–Kier alpha value is -2.44. The number of nitrogens with zero attached hydrogens (tertiary/aromatic N) is 1. The van der Waals surface area contributed by atoms with Crippen molar-refractivity contribution in [2.24, 2.45) is 0 Å². The number of rotatable bonds is 9. The quantitative estimate of drug-likeness (QED) is 0.720. The predicted octanol–water partition coefficient (Wildman–Crippen LogP) is 3.88. The lowest BCUT2D eigenvalue weighted by atomic mass is 10.2. The summed E-state index contributed by atoms with van der Waals surface area (Å²) in [6.07, 6.45) is 3.14. The van der Waals surface area contributed by atoms with Crippen LogP contribution in [0.5, 0.6) is 11.5 Å². The summed E-state index contributed by atoms with van der Waals surface area (Å²) in [5.74, 6) is -0.608. The van der Waals surface area contributed by atoms with Crippen molar-refractivity contribution in [3.8, 4) is 11.5 Å². The molecule has 0 saturated heterocycles. The number of ether oxygens (including phenoxy) is 2. The average molecular weight is 377 g/mol. The largest absolute Gasteiger partial charge is 0.493 e. The summed E-state index contributed by atoms with van der Waals surface area (Å²) in [7, 11) is 3.35. The third kappa shape index (κ3) is 6.34. The van der Waals surface area contributed by atoms with Crippen molar-refractivity contribution in [2.45, 2.75) is 19.6 Å². The molecule has 0 fully saturated rings. The van der Waals surface area contributed by atoms with Gasteiger partial charge >= 0.3 is 0 Å². The zero-order valence-electron chi connectivity index (χ0n) is 15.8. The third-order valence-electron chi connectivity index (χ3n) is 3.94. The fourth-order valence-electron chi connectivity index (χ4n) is 2.71. The minimum absolute atomic E-state index is 0.0848. The van der Waals surface area contributed by atoms with Gasteiger partial charge in [-0.05, 0) is 49.4 Å². The molecule has 0 amide bonds. The Morgan fingerprint density at radius 3 is 2.56 bits per heavy atom. The second kappa shape index (κ2) is 10.0. The molecule has 0 bridgehead atoms. The molecule has 0 aliphatic rings. The van der Waals surface area contributed by atoms with Crippen LogP contribution in [0.4, 0.5) is 8.78 Å². The van der Waals surface area contributed by atoms with Gasteiger partial charge in [0.25, 0.3) is 0 Å². The number of hydrogen-bond donors (Lipinski definition) is 1. The molecular weight excluding hydrogens is 352 g/mol. The zero-order chi connectivity index (χ0) is 19.8. The molecule has 6 heteroatoms. The minimum Gasteiger partial charge on any atom is -0.493 e. The summed E-state index contributed by atoms with van der Waals surface area (Å²) in [4.78, 5) is 1.81. The number of methoxy groups -OCH3 is 1. The molecule has 0 aliphatic heterocycles. The number of hydrogen-bond acceptors (Lipinski definition) is 4. The zero-order valence-corrected chi connectivity index (χ0v) is 15.8. The van der Waals surface area contributed by atoms with Gasteiger partial charge in [-0.3, -0.25) is 4.90 Å². The summed E-state index contributed by atoms with van der Waals surface area (Å²) in [6.45, 7) is 2.72. The van der Waals surface area contributed by atoms with E-state index in [1.165, 1.54) is 6.07 Å². The molecule has 1 N–H and O–H groups in total. The number of halogens is 2. The summed E-state index contributed by atoms with van der Waals surface area (Å²) in [5, 5.41) is 10.2. The molecule has 1 unspecified atom stereocenters. The number of aliphatic hydroxyl groups is 1. The van der Waals surface area contributed by atoms with Crippen molar-refractivity contribution >= 4 is 6.08 Å². The van der Waals surface area contributed by atoms with E-state index in [0.29, 0.717) is 30.2 Å². The van der Waals surface area contributed by atoms with Gasteiger partial charge < -0.3 is 14.6 Å². The van der Waals surface area contributed by atoms with E-state index in [9.17, 15) is 13.9 Å². The van der Waals surface area contributed by atoms with Gasteiger partial charge in [-0.15, -0.1) is 0 Å². The van der Waals surface area contributed by atoms with Crippen LogP contribution in [-0.2, 0) is 6.54 Å². The van der Waals surface area contributed by atoms with Crippen LogP contribution in [0.25, 0.3) is 6.08 Å². The second-order valence-corrected chi connectivity index (χ2v) is 6.32. The predicted molar refractivity (Wildman–Crippen MR) is 102 cm³/mol. The highest BCUT2D eigenvalue weighted by Gasteiger charge is 2.13. The van der Waals surface area contributed by atoms with Crippen molar-refractivity contribution in [1.29, 1.82) is 0 Å². The Morgan fingerprint density at radius 2 is 1.89 bits per heavy atom. The van der Waals surface area contributed by atoms with Gasteiger partial charge in [0.2, 0.25) is 0 Å². The lowest BCUT2D eigenvalue weighted by Gasteiger charge is -2.21. The summed E-state index contributed by atoms with van der Waals surface area (Å²) >= 11 is 0. The van der Waals surface area contributed by atoms with Crippen molar-refractivity contribution in [2.75, 3.05) is 27.3 Å². The van der Waals surface area contributed by atoms with E-state index < -0.39 is 17.7 Å². The SMILES string of the molecule is C/C=C/c1ccc(OCC(O)CN(C)Cc2ccc(F)c(F)c2)c(OC)c1. The molecule has 2 aromatic rings. The molecule has 0 radical (unpaired) electrons. The fraction of sp³-hybridized carbons (Fsp3) is 0.333. The van der Waals surface area contributed by atoms with Gasteiger partial charge in [-0.2, -0.15) is 0 Å². The van der Waals surface area contributed by atoms with Gasteiger partial charge in [-0.1, -0.05) is 24.3 Å². The first-order chi connectivity index (χ1) is 12.9. The molecule has 0 spiro atoms. The van der Waals surface area contributed by atoms with Crippen LogP contribution in [0.15, 0.2) is 42.5 Å². The number of likely N-dealkylation sites (N-methyl/N-ethyl adjacent to an activating group) is 1. The van der Waals surface area contributed by atoms with Gasteiger partial charge in [0, 0.05) is 13.1 Å². The maximum absolute atomic E-state index is 13.3. The topological polar surface area (TPSA) is 41.9 Å². The second-order valence-electron chi connectivity index (χ2n) is 6.32. The van der Waals surface area contributed by atoms with Crippen LogP contribution in [0.1, 0.15) is 18.1 Å². The standard InChI is InChI=1S/C21H25F2NO3/c1-4-5-15-7-9-20(21(11-15)26-3)27-14-17(25)13-24(2)12-16-6-8-18(22)19(23)10-16/h4-11,17,25H,12-14H2,1-3H3/b5-4+. The molecule has 1 atom stereocenters. The van der Waals surface area contributed by atoms with Crippen molar-refractivity contribution in [3.05, 3.63) is 65.2 Å². The minimum atomic E-state index is -0.877. The summed E-state index contributed by atoms with van der Waals surface area (Å²) in [5.41, 5.74) is 1.62. The molecule has 2 rings (SSSR count). The number of aliphatic hydroxyl groups excluding tert-OH is 1. The van der Waals surface area contributed by atoms with Crippen LogP contribution < -0.4 is 9.47 Å². The maximum atomic E-state index is 13.3. The number of allylic oxidation sites excluding steroid dienone is 1. The van der Waals surface area contributed by atoms with Gasteiger partial charge in [-0.25, -0.2) is 8.78 Å². The summed E-state index contributed by atoms with van der Waals surface area (Å²) in [6, 6.07) is 9.34. The van der Waals surface area contributed by atoms with Gasteiger partial charge in [0.15, 0.2) is 23.1 Å². The van der Waals surface area contributed by atoms with Crippen molar-refractivity contribution < 1.29 is 23.4 Å². The van der Waals surface area contributed by atoms with Crippen molar-refractivity contribution in [1.82, 2.24) is 4.90 Å². The third-order valence-corrected chi connectivity index (χ3v) is 3.94. The molecule has 0 saturated carbocycles. The smallest absolute Gasteiger partial charge is 0.161 e. The monoisotopic (exact) mass is 377 g/mol. The van der Waals surface area contributed by atoms with Crippen LogP contribution in [0, 0.1) is 11.6 Å². The van der Waals surface area contributed by atoms with Gasteiger partial charge in [0.1, 0.15) is 12.7 Å². The highest BCUT2D eigenvalue weighted by atomic mass is 19.2.